The first-order chi connectivity index (χ1) is 8.29. The number of nitrogens with zero attached hydrogens (tertiary/aromatic N) is 2. The Bertz CT molecular complexity index is 336. The molecule has 1 aromatic heterocycles. The van der Waals surface area contributed by atoms with E-state index in [1.165, 1.54) is 24.3 Å². The minimum absolute atomic E-state index is 0.156. The maximum absolute atomic E-state index is 5.71. The van der Waals surface area contributed by atoms with E-state index in [1.807, 2.05) is 11.8 Å². The molecule has 2 rings (SSSR count). The number of hydrogen-bond acceptors (Lipinski definition) is 5. The van der Waals surface area contributed by atoms with Gasteiger partial charge in [-0.05, 0) is 43.7 Å². The van der Waals surface area contributed by atoms with Crippen molar-refractivity contribution in [1.29, 1.82) is 0 Å². The summed E-state index contributed by atoms with van der Waals surface area (Å²) in [5.41, 5.74) is 0. The molecular formula is C12H21N3OS. The summed E-state index contributed by atoms with van der Waals surface area (Å²) >= 11 is 2.05. The molecule has 1 unspecified atom stereocenters. The Morgan fingerprint density at radius 2 is 2.18 bits per heavy atom. The van der Waals surface area contributed by atoms with Crippen LogP contribution in [0.2, 0.25) is 0 Å². The van der Waals surface area contributed by atoms with Crippen molar-refractivity contribution in [3.05, 3.63) is 11.8 Å². The summed E-state index contributed by atoms with van der Waals surface area (Å²) in [5.74, 6) is 4.81. The van der Waals surface area contributed by atoms with Gasteiger partial charge in [-0.15, -0.1) is 10.2 Å². The number of rotatable bonds is 5. The maximum Gasteiger partial charge on any atom is 0.233 e. The fourth-order valence-corrected chi connectivity index (χ4v) is 3.32. The predicted octanol–water partition coefficient (Wildman–Crippen LogP) is 2.43. The van der Waals surface area contributed by atoms with Crippen LogP contribution in [0.5, 0.6) is 0 Å². The van der Waals surface area contributed by atoms with Crippen LogP contribution in [0.15, 0.2) is 4.42 Å². The standard InChI is InChI=1S/C12H21N3OS/c1-3-13-9(2)12-15-14-11(16-12)8-10-4-6-17-7-5-10/h9-10,13H,3-8H2,1-2H3. The van der Waals surface area contributed by atoms with Crippen molar-refractivity contribution in [2.75, 3.05) is 18.1 Å². The molecule has 0 spiro atoms. The van der Waals surface area contributed by atoms with Crippen molar-refractivity contribution in [3.8, 4) is 0 Å². The monoisotopic (exact) mass is 255 g/mol. The molecule has 1 aliphatic heterocycles. The Kier molecular flexibility index (Phi) is 4.86. The summed E-state index contributed by atoms with van der Waals surface area (Å²) in [5, 5.41) is 11.5. The van der Waals surface area contributed by atoms with E-state index in [4.69, 9.17) is 4.42 Å². The molecule has 0 aliphatic carbocycles. The Morgan fingerprint density at radius 1 is 1.41 bits per heavy atom. The molecule has 2 heterocycles. The second-order valence-corrected chi connectivity index (χ2v) is 5.80. The van der Waals surface area contributed by atoms with Gasteiger partial charge in [0.1, 0.15) is 0 Å². The maximum atomic E-state index is 5.71. The molecular weight excluding hydrogens is 234 g/mol. The van der Waals surface area contributed by atoms with Crippen molar-refractivity contribution in [1.82, 2.24) is 15.5 Å². The van der Waals surface area contributed by atoms with E-state index in [1.54, 1.807) is 0 Å². The minimum Gasteiger partial charge on any atom is -0.424 e. The molecule has 17 heavy (non-hydrogen) atoms. The lowest BCUT2D eigenvalue weighted by molar-refractivity contribution is 0.366. The van der Waals surface area contributed by atoms with Gasteiger partial charge in [0.2, 0.25) is 11.8 Å². The molecule has 0 aromatic carbocycles. The zero-order valence-corrected chi connectivity index (χ0v) is 11.4. The molecule has 1 N–H and O–H groups in total. The van der Waals surface area contributed by atoms with Crippen molar-refractivity contribution < 1.29 is 4.42 Å². The van der Waals surface area contributed by atoms with Gasteiger partial charge in [0.05, 0.1) is 6.04 Å². The number of hydrogen-bond donors (Lipinski definition) is 1. The average molecular weight is 255 g/mol. The Morgan fingerprint density at radius 3 is 2.88 bits per heavy atom. The summed E-state index contributed by atoms with van der Waals surface area (Å²) in [6.45, 7) is 5.05. The molecule has 1 saturated heterocycles. The van der Waals surface area contributed by atoms with E-state index in [9.17, 15) is 0 Å². The lowest BCUT2D eigenvalue weighted by atomic mass is 9.99. The quantitative estimate of drug-likeness (QED) is 0.875. The Balaban J connectivity index is 1.88. The van der Waals surface area contributed by atoms with Crippen LogP contribution in [0, 0.1) is 5.92 Å². The number of thioether (sulfide) groups is 1. The van der Waals surface area contributed by atoms with Crippen LogP contribution in [0.3, 0.4) is 0 Å². The van der Waals surface area contributed by atoms with Gasteiger partial charge in [0, 0.05) is 6.42 Å². The van der Waals surface area contributed by atoms with Crippen LogP contribution in [0.25, 0.3) is 0 Å². The van der Waals surface area contributed by atoms with Crippen LogP contribution in [-0.4, -0.2) is 28.2 Å². The van der Waals surface area contributed by atoms with Gasteiger partial charge in [0.15, 0.2) is 0 Å². The molecule has 0 saturated carbocycles. The van der Waals surface area contributed by atoms with Gasteiger partial charge in [-0.3, -0.25) is 0 Å². The van der Waals surface area contributed by atoms with E-state index in [-0.39, 0.29) is 6.04 Å². The van der Waals surface area contributed by atoms with Gasteiger partial charge in [0.25, 0.3) is 0 Å². The summed E-state index contributed by atoms with van der Waals surface area (Å²) < 4.78 is 5.71. The van der Waals surface area contributed by atoms with E-state index in [0.717, 1.165) is 24.8 Å². The number of aromatic nitrogens is 2. The molecule has 1 fully saturated rings. The van der Waals surface area contributed by atoms with Gasteiger partial charge in [-0.25, -0.2) is 0 Å². The highest BCUT2D eigenvalue weighted by atomic mass is 32.2. The Hall–Kier alpha value is -0.550. The van der Waals surface area contributed by atoms with Crippen LogP contribution < -0.4 is 5.32 Å². The molecule has 4 nitrogen and oxygen atoms in total. The Labute approximate surface area is 107 Å². The van der Waals surface area contributed by atoms with Crippen molar-refractivity contribution in [3.63, 3.8) is 0 Å². The van der Waals surface area contributed by atoms with E-state index >= 15 is 0 Å². The highest BCUT2D eigenvalue weighted by Crippen LogP contribution is 2.25. The van der Waals surface area contributed by atoms with Crippen LogP contribution >= 0.6 is 11.8 Å². The van der Waals surface area contributed by atoms with Gasteiger partial charge in [-0.1, -0.05) is 6.92 Å². The third kappa shape index (κ3) is 3.71. The first-order valence-electron chi connectivity index (χ1n) is 6.43. The fraction of sp³-hybridized carbons (Fsp3) is 0.833. The molecule has 0 radical (unpaired) electrons. The van der Waals surface area contributed by atoms with Crippen molar-refractivity contribution >= 4 is 11.8 Å². The third-order valence-electron chi connectivity index (χ3n) is 3.17. The zero-order chi connectivity index (χ0) is 12.1. The van der Waals surface area contributed by atoms with Crippen molar-refractivity contribution in [2.24, 2.45) is 5.92 Å². The number of nitrogens with one attached hydrogen (secondary N) is 1. The summed E-state index contributed by atoms with van der Waals surface area (Å²) in [6.07, 6.45) is 3.52. The smallest absolute Gasteiger partial charge is 0.233 e. The fourth-order valence-electron chi connectivity index (χ4n) is 2.12. The molecule has 5 heteroatoms. The molecule has 96 valence electrons. The predicted molar refractivity (Wildman–Crippen MR) is 70.1 cm³/mol. The second kappa shape index (κ2) is 6.40. The third-order valence-corrected chi connectivity index (χ3v) is 4.22. The highest BCUT2D eigenvalue weighted by Gasteiger charge is 2.19. The molecule has 1 aliphatic rings. The van der Waals surface area contributed by atoms with E-state index in [0.29, 0.717) is 5.89 Å². The lowest BCUT2D eigenvalue weighted by Crippen LogP contribution is -2.17. The van der Waals surface area contributed by atoms with Crippen LogP contribution in [-0.2, 0) is 6.42 Å². The first kappa shape index (κ1) is 12.9. The lowest BCUT2D eigenvalue weighted by Gasteiger charge is -2.19. The van der Waals surface area contributed by atoms with Crippen LogP contribution in [0.4, 0.5) is 0 Å². The SMILES string of the molecule is CCNC(C)c1nnc(CC2CCSCC2)o1. The largest absolute Gasteiger partial charge is 0.424 e. The second-order valence-electron chi connectivity index (χ2n) is 4.57. The molecule has 1 atom stereocenters. The average Bonchev–Trinajstić information content (AvgIpc) is 2.79. The minimum atomic E-state index is 0.156. The zero-order valence-electron chi connectivity index (χ0n) is 10.6. The summed E-state index contributed by atoms with van der Waals surface area (Å²) in [7, 11) is 0. The van der Waals surface area contributed by atoms with Gasteiger partial charge < -0.3 is 9.73 Å². The molecule has 0 amide bonds. The van der Waals surface area contributed by atoms with E-state index < -0.39 is 0 Å². The van der Waals surface area contributed by atoms with Gasteiger partial charge >= 0.3 is 0 Å². The summed E-state index contributed by atoms with van der Waals surface area (Å²) in [4.78, 5) is 0. The molecule has 1 aromatic rings. The molecule has 0 bridgehead atoms. The van der Waals surface area contributed by atoms with Gasteiger partial charge in [-0.2, -0.15) is 11.8 Å². The van der Waals surface area contributed by atoms with E-state index in [2.05, 4.69) is 29.4 Å². The summed E-state index contributed by atoms with van der Waals surface area (Å²) in [6, 6.07) is 0.156. The topological polar surface area (TPSA) is 51.0 Å². The first-order valence-corrected chi connectivity index (χ1v) is 7.58. The highest BCUT2D eigenvalue weighted by molar-refractivity contribution is 7.99. The van der Waals surface area contributed by atoms with Crippen molar-refractivity contribution in [2.45, 2.75) is 39.2 Å². The normalized spacial score (nSPS) is 19.4. The van der Waals surface area contributed by atoms with Crippen LogP contribution in [0.1, 0.15) is 44.5 Å².